The predicted molar refractivity (Wildman–Crippen MR) is 83.0 cm³/mol. The lowest BCUT2D eigenvalue weighted by molar-refractivity contribution is 0.331. The molecular formula is C15H23ClN2O2. The first-order chi connectivity index (χ1) is 9.69. The maximum Gasteiger partial charge on any atom is 0.143 e. The van der Waals surface area contributed by atoms with E-state index < -0.39 is 0 Å². The fraction of sp³-hybridized carbons (Fsp3) is 0.600. The van der Waals surface area contributed by atoms with Crippen LogP contribution in [0.1, 0.15) is 25.7 Å². The number of hydrogen-bond donors (Lipinski definition) is 2. The first-order valence-electron chi connectivity index (χ1n) is 7.07. The van der Waals surface area contributed by atoms with Gasteiger partial charge in [-0.2, -0.15) is 0 Å². The second-order valence-electron chi connectivity index (χ2n) is 5.22. The summed E-state index contributed by atoms with van der Waals surface area (Å²) in [4.78, 5) is 0. The fourth-order valence-corrected chi connectivity index (χ4v) is 3.08. The van der Waals surface area contributed by atoms with E-state index in [1.165, 1.54) is 19.3 Å². The third-order valence-corrected chi connectivity index (χ3v) is 4.32. The lowest BCUT2D eigenvalue weighted by atomic mass is 9.84. The van der Waals surface area contributed by atoms with Gasteiger partial charge in [-0.3, -0.25) is 0 Å². The third-order valence-electron chi connectivity index (χ3n) is 4.03. The molecule has 1 fully saturated rings. The van der Waals surface area contributed by atoms with Gasteiger partial charge < -0.3 is 20.5 Å². The minimum absolute atomic E-state index is 0.383. The van der Waals surface area contributed by atoms with Crippen molar-refractivity contribution in [1.29, 1.82) is 0 Å². The Labute approximate surface area is 125 Å². The number of nitrogens with two attached hydrogens (primary N) is 1. The van der Waals surface area contributed by atoms with Crippen molar-refractivity contribution in [2.24, 2.45) is 11.7 Å². The Morgan fingerprint density at radius 1 is 1.20 bits per heavy atom. The molecule has 0 spiro atoms. The summed E-state index contributed by atoms with van der Waals surface area (Å²) in [5, 5.41) is 4.11. The fourth-order valence-electron chi connectivity index (χ4n) is 2.85. The monoisotopic (exact) mass is 298 g/mol. The van der Waals surface area contributed by atoms with Crippen molar-refractivity contribution in [2.45, 2.75) is 31.7 Å². The van der Waals surface area contributed by atoms with Crippen LogP contribution in [-0.2, 0) is 0 Å². The molecule has 2 rings (SSSR count). The molecule has 1 aromatic carbocycles. The molecule has 0 aliphatic heterocycles. The average molecular weight is 299 g/mol. The highest BCUT2D eigenvalue weighted by atomic mass is 35.5. The molecule has 4 nitrogen and oxygen atoms in total. The maximum absolute atomic E-state index is 6.13. The quantitative estimate of drug-likeness (QED) is 0.876. The number of benzene rings is 1. The van der Waals surface area contributed by atoms with Crippen molar-refractivity contribution in [3.05, 3.63) is 17.2 Å². The van der Waals surface area contributed by atoms with E-state index in [1.54, 1.807) is 20.3 Å². The van der Waals surface area contributed by atoms with E-state index >= 15 is 0 Å². The van der Waals surface area contributed by atoms with Gasteiger partial charge in [0.2, 0.25) is 0 Å². The zero-order valence-electron chi connectivity index (χ0n) is 12.1. The SMILES string of the molecule is COc1cc(NC2CCCCC2CN)c(OC)cc1Cl. The van der Waals surface area contributed by atoms with Gasteiger partial charge in [0.1, 0.15) is 11.5 Å². The minimum Gasteiger partial charge on any atom is -0.495 e. The number of halogens is 1. The molecule has 0 radical (unpaired) electrons. The van der Waals surface area contributed by atoms with Gasteiger partial charge in [-0.15, -0.1) is 0 Å². The van der Waals surface area contributed by atoms with Crippen LogP contribution in [0.25, 0.3) is 0 Å². The zero-order chi connectivity index (χ0) is 14.5. The largest absolute Gasteiger partial charge is 0.495 e. The first-order valence-corrected chi connectivity index (χ1v) is 7.45. The van der Waals surface area contributed by atoms with Gasteiger partial charge in [-0.1, -0.05) is 24.4 Å². The van der Waals surface area contributed by atoms with E-state index in [-0.39, 0.29) is 0 Å². The van der Waals surface area contributed by atoms with Gasteiger partial charge in [-0.05, 0) is 25.3 Å². The number of nitrogens with one attached hydrogen (secondary N) is 1. The molecule has 0 saturated heterocycles. The number of rotatable bonds is 5. The standard InChI is InChI=1S/C15H23ClN2O2/c1-19-14-8-13(15(20-2)7-11(14)16)18-12-6-4-3-5-10(12)9-17/h7-8,10,12,18H,3-6,9,17H2,1-2H3. The van der Waals surface area contributed by atoms with E-state index in [0.717, 1.165) is 17.9 Å². The third kappa shape index (κ3) is 3.30. The lowest BCUT2D eigenvalue weighted by Crippen LogP contribution is -2.36. The van der Waals surface area contributed by atoms with Crippen LogP contribution in [0.5, 0.6) is 11.5 Å². The molecule has 3 N–H and O–H groups in total. The Kier molecular flexibility index (Phi) is 5.38. The molecule has 1 aromatic rings. The minimum atomic E-state index is 0.383. The Morgan fingerprint density at radius 3 is 2.55 bits per heavy atom. The average Bonchev–Trinajstić information content (AvgIpc) is 2.49. The van der Waals surface area contributed by atoms with Crippen LogP contribution < -0.4 is 20.5 Å². The van der Waals surface area contributed by atoms with Gasteiger partial charge in [0, 0.05) is 18.2 Å². The van der Waals surface area contributed by atoms with E-state index in [1.807, 2.05) is 6.07 Å². The van der Waals surface area contributed by atoms with Gasteiger partial charge >= 0.3 is 0 Å². The highest BCUT2D eigenvalue weighted by molar-refractivity contribution is 6.32. The van der Waals surface area contributed by atoms with Crippen LogP contribution in [0.2, 0.25) is 5.02 Å². The van der Waals surface area contributed by atoms with Crippen LogP contribution in [0.3, 0.4) is 0 Å². The Balaban J connectivity index is 2.22. The number of methoxy groups -OCH3 is 2. The van der Waals surface area contributed by atoms with Crippen molar-refractivity contribution < 1.29 is 9.47 Å². The van der Waals surface area contributed by atoms with Crippen molar-refractivity contribution in [3.8, 4) is 11.5 Å². The van der Waals surface area contributed by atoms with Gasteiger partial charge in [-0.25, -0.2) is 0 Å². The smallest absolute Gasteiger partial charge is 0.143 e. The molecule has 1 aliphatic carbocycles. The Bertz CT molecular complexity index is 454. The van der Waals surface area contributed by atoms with Crippen molar-refractivity contribution in [1.82, 2.24) is 0 Å². The molecular weight excluding hydrogens is 276 g/mol. The predicted octanol–water partition coefficient (Wildman–Crippen LogP) is 3.29. The van der Waals surface area contributed by atoms with Crippen molar-refractivity contribution >= 4 is 17.3 Å². The molecule has 2 unspecified atom stereocenters. The molecule has 1 saturated carbocycles. The summed E-state index contributed by atoms with van der Waals surface area (Å²) in [6.07, 6.45) is 4.82. The summed E-state index contributed by atoms with van der Waals surface area (Å²) >= 11 is 6.13. The normalized spacial score (nSPS) is 22.4. The summed E-state index contributed by atoms with van der Waals surface area (Å²) < 4.78 is 10.7. The zero-order valence-corrected chi connectivity index (χ0v) is 12.9. The summed E-state index contributed by atoms with van der Waals surface area (Å²) in [5.41, 5.74) is 6.80. The molecule has 0 bridgehead atoms. The Morgan fingerprint density at radius 2 is 1.90 bits per heavy atom. The van der Waals surface area contributed by atoms with Gasteiger partial charge in [0.05, 0.1) is 24.9 Å². The van der Waals surface area contributed by atoms with Crippen LogP contribution in [0.15, 0.2) is 12.1 Å². The molecule has 0 aromatic heterocycles. The highest BCUT2D eigenvalue weighted by Gasteiger charge is 2.25. The topological polar surface area (TPSA) is 56.5 Å². The molecule has 20 heavy (non-hydrogen) atoms. The molecule has 1 aliphatic rings. The second kappa shape index (κ2) is 7.04. The van der Waals surface area contributed by atoms with Gasteiger partial charge in [0.15, 0.2) is 0 Å². The van der Waals surface area contributed by atoms with Crippen LogP contribution in [-0.4, -0.2) is 26.8 Å². The van der Waals surface area contributed by atoms with Crippen molar-refractivity contribution in [3.63, 3.8) is 0 Å². The van der Waals surface area contributed by atoms with E-state index in [9.17, 15) is 0 Å². The molecule has 112 valence electrons. The van der Waals surface area contributed by atoms with Crippen LogP contribution in [0, 0.1) is 5.92 Å². The van der Waals surface area contributed by atoms with E-state index in [0.29, 0.717) is 29.3 Å². The number of anilines is 1. The number of ether oxygens (including phenoxy) is 2. The molecule has 0 amide bonds. The maximum atomic E-state index is 6.13. The second-order valence-corrected chi connectivity index (χ2v) is 5.63. The van der Waals surface area contributed by atoms with Crippen LogP contribution in [0.4, 0.5) is 5.69 Å². The van der Waals surface area contributed by atoms with Gasteiger partial charge in [0.25, 0.3) is 0 Å². The molecule has 2 atom stereocenters. The van der Waals surface area contributed by atoms with Crippen LogP contribution >= 0.6 is 11.6 Å². The number of hydrogen-bond acceptors (Lipinski definition) is 4. The molecule has 5 heteroatoms. The first kappa shape index (κ1) is 15.3. The summed E-state index contributed by atoms with van der Waals surface area (Å²) in [5.74, 6) is 1.89. The lowest BCUT2D eigenvalue weighted by Gasteiger charge is -2.32. The molecule has 0 heterocycles. The summed E-state index contributed by atoms with van der Waals surface area (Å²) in [7, 11) is 3.26. The highest BCUT2D eigenvalue weighted by Crippen LogP contribution is 2.37. The summed E-state index contributed by atoms with van der Waals surface area (Å²) in [6.45, 7) is 0.713. The van der Waals surface area contributed by atoms with E-state index in [2.05, 4.69) is 5.32 Å². The Hall–Kier alpha value is -1.13. The van der Waals surface area contributed by atoms with E-state index in [4.69, 9.17) is 26.8 Å². The summed E-state index contributed by atoms with van der Waals surface area (Å²) in [6, 6.07) is 4.06. The van der Waals surface area contributed by atoms with Crippen molar-refractivity contribution in [2.75, 3.05) is 26.1 Å².